The van der Waals surface area contributed by atoms with Crippen molar-refractivity contribution in [2.75, 3.05) is 19.7 Å². The van der Waals surface area contributed by atoms with E-state index in [4.69, 9.17) is 19.1 Å². The Hall–Kier alpha value is -2.94. The molecule has 2 aromatic rings. The number of hydrogen-bond acceptors (Lipinski definition) is 7. The quantitative estimate of drug-likeness (QED) is 0.818. The van der Waals surface area contributed by atoms with Gasteiger partial charge in [0.25, 0.3) is 5.91 Å². The molecular weight excluding hydrogens is 342 g/mol. The summed E-state index contributed by atoms with van der Waals surface area (Å²) in [5.74, 6) is 0.245. The van der Waals surface area contributed by atoms with Crippen molar-refractivity contribution in [2.24, 2.45) is 0 Å². The number of carboxylic acids is 1. The van der Waals surface area contributed by atoms with Crippen LogP contribution in [0.2, 0.25) is 0 Å². The Morgan fingerprint density at radius 3 is 3.00 bits per heavy atom. The van der Waals surface area contributed by atoms with Gasteiger partial charge in [-0.05, 0) is 18.2 Å². The minimum atomic E-state index is -0.948. The van der Waals surface area contributed by atoms with Gasteiger partial charge in [0.1, 0.15) is 5.75 Å². The Morgan fingerprint density at radius 2 is 2.27 bits per heavy atom. The number of aryl methyl sites for hydroxylation is 1. The maximum Gasteiger partial charge on any atom is 0.306 e. The summed E-state index contributed by atoms with van der Waals surface area (Å²) in [6.45, 7) is 2.81. The number of amides is 1. The largest absolute Gasteiger partial charge is 0.485 e. The van der Waals surface area contributed by atoms with E-state index in [1.54, 1.807) is 36.1 Å². The monoisotopic (exact) mass is 361 g/mol. The van der Waals surface area contributed by atoms with Gasteiger partial charge in [-0.1, -0.05) is 11.2 Å². The number of carbonyl (C=O) groups excluding carboxylic acids is 1. The molecule has 2 heterocycles. The highest BCUT2D eigenvalue weighted by Gasteiger charge is 2.26. The average Bonchev–Trinajstić information content (AvgIpc) is 3.04. The van der Waals surface area contributed by atoms with Crippen LogP contribution in [0, 0.1) is 6.92 Å². The molecule has 26 heavy (non-hydrogen) atoms. The maximum absolute atomic E-state index is 12.7. The van der Waals surface area contributed by atoms with Gasteiger partial charge in [-0.3, -0.25) is 9.59 Å². The van der Waals surface area contributed by atoms with E-state index in [9.17, 15) is 9.59 Å². The number of rotatable bonds is 6. The van der Waals surface area contributed by atoms with Crippen LogP contribution in [0.5, 0.6) is 5.75 Å². The lowest BCUT2D eigenvalue weighted by Crippen LogP contribution is -2.46. The summed E-state index contributed by atoms with van der Waals surface area (Å²) in [5, 5.41) is 12.6. The van der Waals surface area contributed by atoms with E-state index in [1.165, 1.54) is 0 Å². The summed E-state index contributed by atoms with van der Waals surface area (Å²) in [7, 11) is 0. The molecule has 3 rings (SSSR count). The van der Waals surface area contributed by atoms with Crippen LogP contribution in [-0.4, -0.2) is 57.8 Å². The molecule has 1 N–H and O–H groups in total. The first-order valence-corrected chi connectivity index (χ1v) is 8.16. The van der Waals surface area contributed by atoms with Crippen molar-refractivity contribution < 1.29 is 28.7 Å². The van der Waals surface area contributed by atoms with Gasteiger partial charge in [0.05, 0.1) is 19.1 Å². The van der Waals surface area contributed by atoms with E-state index in [0.29, 0.717) is 36.2 Å². The molecule has 1 atom stereocenters. The zero-order valence-electron chi connectivity index (χ0n) is 14.3. The van der Waals surface area contributed by atoms with Crippen molar-refractivity contribution >= 4 is 11.9 Å². The first-order valence-electron chi connectivity index (χ1n) is 8.16. The molecule has 1 aromatic heterocycles. The fourth-order valence-corrected chi connectivity index (χ4v) is 2.67. The first kappa shape index (κ1) is 17.9. The Balaban J connectivity index is 1.63. The summed E-state index contributed by atoms with van der Waals surface area (Å²) >= 11 is 0. The van der Waals surface area contributed by atoms with Crippen LogP contribution in [0.3, 0.4) is 0 Å². The molecule has 0 saturated carbocycles. The van der Waals surface area contributed by atoms with Crippen molar-refractivity contribution in [3.8, 4) is 5.75 Å². The summed E-state index contributed by atoms with van der Waals surface area (Å²) in [5.41, 5.74) is 0.461. The number of nitrogens with zero attached hydrogens (tertiary/aromatic N) is 3. The number of hydrogen-bond donors (Lipinski definition) is 1. The van der Waals surface area contributed by atoms with Crippen LogP contribution in [0.25, 0.3) is 0 Å². The van der Waals surface area contributed by atoms with Crippen LogP contribution >= 0.6 is 0 Å². The molecule has 1 unspecified atom stereocenters. The molecule has 138 valence electrons. The number of carbonyl (C=O) groups is 2. The summed E-state index contributed by atoms with van der Waals surface area (Å²) < 4.78 is 15.9. The Kier molecular flexibility index (Phi) is 5.47. The topological polar surface area (TPSA) is 115 Å². The highest BCUT2D eigenvalue weighted by Crippen LogP contribution is 2.18. The van der Waals surface area contributed by atoms with Gasteiger partial charge >= 0.3 is 5.97 Å². The highest BCUT2D eigenvalue weighted by molar-refractivity contribution is 5.94. The van der Waals surface area contributed by atoms with Gasteiger partial charge in [0.2, 0.25) is 11.7 Å². The lowest BCUT2D eigenvalue weighted by atomic mass is 10.1. The maximum atomic E-state index is 12.7. The predicted molar refractivity (Wildman–Crippen MR) is 87.7 cm³/mol. The number of carboxylic acid groups (broad SMARTS) is 1. The second kappa shape index (κ2) is 7.96. The summed E-state index contributed by atoms with van der Waals surface area (Å²) in [6, 6.07) is 6.78. The third-order valence-corrected chi connectivity index (χ3v) is 3.85. The van der Waals surface area contributed by atoms with E-state index in [-0.39, 0.29) is 25.5 Å². The zero-order chi connectivity index (χ0) is 18.5. The van der Waals surface area contributed by atoms with E-state index in [0.717, 1.165) is 0 Å². The van der Waals surface area contributed by atoms with E-state index in [2.05, 4.69) is 10.1 Å². The van der Waals surface area contributed by atoms with Crippen molar-refractivity contribution in [1.29, 1.82) is 0 Å². The minimum Gasteiger partial charge on any atom is -0.485 e. The summed E-state index contributed by atoms with van der Waals surface area (Å²) in [6.07, 6.45) is -0.622. The van der Waals surface area contributed by atoms with Gasteiger partial charge in [0, 0.05) is 25.6 Å². The van der Waals surface area contributed by atoms with E-state index in [1.807, 2.05) is 0 Å². The normalized spacial score (nSPS) is 17.1. The van der Waals surface area contributed by atoms with Crippen molar-refractivity contribution in [3.63, 3.8) is 0 Å². The molecular formula is C17H19N3O6. The molecule has 1 amide bonds. The van der Waals surface area contributed by atoms with Crippen molar-refractivity contribution in [2.45, 2.75) is 26.1 Å². The fraction of sp³-hybridized carbons (Fsp3) is 0.412. The van der Waals surface area contributed by atoms with Crippen molar-refractivity contribution in [3.05, 3.63) is 41.5 Å². The minimum absolute atomic E-state index is 0.128. The molecule has 0 aliphatic carbocycles. The number of aromatic nitrogens is 2. The molecule has 0 radical (unpaired) electrons. The third-order valence-electron chi connectivity index (χ3n) is 3.85. The Morgan fingerprint density at radius 1 is 1.42 bits per heavy atom. The van der Waals surface area contributed by atoms with Crippen LogP contribution in [0.1, 0.15) is 28.5 Å². The second-order valence-corrected chi connectivity index (χ2v) is 5.89. The lowest BCUT2D eigenvalue weighted by molar-refractivity contribution is -0.141. The molecule has 0 spiro atoms. The van der Waals surface area contributed by atoms with Gasteiger partial charge in [-0.25, -0.2) is 0 Å². The molecule has 1 saturated heterocycles. The zero-order valence-corrected chi connectivity index (χ0v) is 14.3. The SMILES string of the molecule is Cc1nc(COc2cccc(C(=O)N3CCOC(CC(=O)O)C3)c2)no1. The average molecular weight is 361 g/mol. The van der Waals surface area contributed by atoms with Gasteiger partial charge < -0.3 is 24.0 Å². The third kappa shape index (κ3) is 4.57. The Labute approximate surface area is 149 Å². The Bertz CT molecular complexity index is 790. The van der Waals surface area contributed by atoms with Gasteiger partial charge in [0.15, 0.2) is 6.61 Å². The van der Waals surface area contributed by atoms with Crippen LogP contribution in [0.4, 0.5) is 0 Å². The number of ether oxygens (including phenoxy) is 2. The molecule has 1 aliphatic heterocycles. The summed E-state index contributed by atoms with van der Waals surface area (Å²) in [4.78, 5) is 29.2. The smallest absolute Gasteiger partial charge is 0.306 e. The van der Waals surface area contributed by atoms with Crippen LogP contribution in [0.15, 0.2) is 28.8 Å². The molecule has 1 fully saturated rings. The molecule has 1 aliphatic rings. The number of benzene rings is 1. The molecule has 0 bridgehead atoms. The standard InChI is InChI=1S/C17H19N3O6/c1-11-18-15(19-26-11)10-25-13-4-2-3-12(7-13)17(23)20-5-6-24-14(9-20)8-16(21)22/h2-4,7,14H,5-6,8-10H2,1H3,(H,21,22). The second-order valence-electron chi connectivity index (χ2n) is 5.89. The van der Waals surface area contributed by atoms with Gasteiger partial charge in [-0.15, -0.1) is 0 Å². The predicted octanol–water partition coefficient (Wildman–Crippen LogP) is 1.27. The van der Waals surface area contributed by atoms with E-state index >= 15 is 0 Å². The highest BCUT2D eigenvalue weighted by atomic mass is 16.5. The molecule has 9 nitrogen and oxygen atoms in total. The van der Waals surface area contributed by atoms with E-state index < -0.39 is 12.1 Å². The molecule has 9 heteroatoms. The first-order chi connectivity index (χ1) is 12.5. The van der Waals surface area contributed by atoms with Crippen LogP contribution < -0.4 is 4.74 Å². The molecule has 1 aromatic carbocycles. The van der Waals surface area contributed by atoms with Crippen molar-refractivity contribution in [1.82, 2.24) is 15.0 Å². The van der Waals surface area contributed by atoms with Crippen LogP contribution in [-0.2, 0) is 16.1 Å². The fourth-order valence-electron chi connectivity index (χ4n) is 2.67. The number of morpholine rings is 1. The van der Waals surface area contributed by atoms with Gasteiger partial charge in [-0.2, -0.15) is 4.98 Å². The lowest BCUT2D eigenvalue weighted by Gasteiger charge is -2.32. The number of aliphatic carboxylic acids is 1.